The fourth-order valence-electron chi connectivity index (χ4n) is 1.81. The maximum absolute atomic E-state index is 8.29. The van der Waals surface area contributed by atoms with Gasteiger partial charge in [0.2, 0.25) is 0 Å². The summed E-state index contributed by atoms with van der Waals surface area (Å²) in [7, 11) is 0. The number of hydrogen-bond acceptors (Lipinski definition) is 3. The molecule has 0 unspecified atom stereocenters. The van der Waals surface area contributed by atoms with Gasteiger partial charge in [-0.05, 0) is 18.1 Å². The van der Waals surface area contributed by atoms with E-state index in [2.05, 4.69) is 20.2 Å². The van der Waals surface area contributed by atoms with Gasteiger partial charge in [-0.1, -0.05) is 19.3 Å². The van der Waals surface area contributed by atoms with Crippen molar-refractivity contribution in [2.24, 2.45) is 0 Å². The third-order valence-electron chi connectivity index (χ3n) is 2.52. The molecule has 1 aliphatic carbocycles. The monoisotopic (exact) mass is 192 g/mol. The van der Waals surface area contributed by atoms with Crippen LogP contribution in [-0.4, -0.2) is 31.2 Å². The highest BCUT2D eigenvalue weighted by Crippen LogP contribution is 2.26. The molecule has 0 saturated heterocycles. The van der Waals surface area contributed by atoms with Crippen LogP contribution in [0, 0.1) is 0 Å². The number of aromatic nitrogens is 4. The van der Waals surface area contributed by atoms with Crippen LogP contribution in [0.15, 0.2) is 0 Å². The summed E-state index contributed by atoms with van der Waals surface area (Å²) < 4.78 is 0. The summed E-state index contributed by atoms with van der Waals surface area (Å²) in [6, 6.07) is 0.372. The quantitative estimate of drug-likeness (QED) is 0.395. The molecule has 0 atom stereocenters. The lowest BCUT2D eigenvalue weighted by Crippen LogP contribution is -2.15. The molecule has 1 heterocycles. The van der Waals surface area contributed by atoms with E-state index in [1.165, 1.54) is 25.5 Å². The van der Waals surface area contributed by atoms with E-state index in [-0.39, 0.29) is 0 Å². The highest BCUT2D eigenvalue weighted by molar-refractivity contribution is 5.68. The second kappa shape index (κ2) is 4.11. The van der Waals surface area contributed by atoms with E-state index in [1.54, 1.807) is 4.80 Å². The molecule has 0 radical (unpaired) electrons. The Morgan fingerprint density at radius 1 is 1.36 bits per heavy atom. The molecule has 0 spiro atoms. The van der Waals surface area contributed by atoms with Gasteiger partial charge in [-0.15, -0.1) is 10.2 Å². The van der Waals surface area contributed by atoms with Crippen LogP contribution in [0.25, 0.3) is 5.53 Å². The van der Waals surface area contributed by atoms with E-state index < -0.39 is 0 Å². The van der Waals surface area contributed by atoms with Crippen molar-refractivity contribution in [3.63, 3.8) is 0 Å². The number of rotatable bonds is 2. The van der Waals surface area contributed by atoms with E-state index >= 15 is 0 Å². The van der Waals surface area contributed by atoms with Crippen LogP contribution in [-0.2, 0) is 0 Å². The average Bonchev–Trinajstić information content (AvgIpc) is 2.68. The van der Waals surface area contributed by atoms with Gasteiger partial charge in [-0.25, -0.2) is 0 Å². The fraction of sp³-hybridized carbons (Fsp3) is 0.750. The van der Waals surface area contributed by atoms with Crippen LogP contribution in [0.5, 0.6) is 0 Å². The predicted molar refractivity (Wildman–Crippen MR) is 48.7 cm³/mol. The smallest absolute Gasteiger partial charge is 0.328 e. The molecule has 1 saturated carbocycles. The van der Waals surface area contributed by atoms with Gasteiger partial charge in [-0.2, -0.15) is 9.59 Å². The van der Waals surface area contributed by atoms with Crippen LogP contribution in [0.3, 0.4) is 0 Å². The first-order valence-electron chi connectivity index (χ1n) is 4.87. The lowest BCUT2D eigenvalue weighted by molar-refractivity contribution is 0.00391. The van der Waals surface area contributed by atoms with Crippen molar-refractivity contribution in [1.82, 2.24) is 20.2 Å². The Morgan fingerprint density at radius 2 is 2.14 bits per heavy atom. The third kappa shape index (κ3) is 1.85. The van der Waals surface area contributed by atoms with Crippen molar-refractivity contribution < 1.29 is 4.79 Å². The highest BCUT2D eigenvalue weighted by atomic mass is 15.6. The Balaban J connectivity index is 2.10. The molecule has 0 aliphatic heterocycles. The first kappa shape index (κ1) is 9.02. The number of hydrogen-bond donors (Lipinski definition) is 0. The zero-order valence-corrected chi connectivity index (χ0v) is 7.87. The van der Waals surface area contributed by atoms with Gasteiger partial charge in [0.25, 0.3) is 5.82 Å². The Bertz CT molecular complexity index is 344. The van der Waals surface area contributed by atoms with Crippen molar-refractivity contribution in [2.75, 3.05) is 0 Å². The molecule has 0 aromatic carbocycles. The zero-order valence-electron chi connectivity index (χ0n) is 7.87. The van der Waals surface area contributed by atoms with Crippen molar-refractivity contribution in [2.45, 2.75) is 38.1 Å². The third-order valence-corrected chi connectivity index (χ3v) is 2.52. The van der Waals surface area contributed by atoms with E-state index in [9.17, 15) is 0 Å². The Morgan fingerprint density at radius 3 is 2.86 bits per heavy atom. The molecule has 1 fully saturated rings. The topological polar surface area (TPSA) is 80.0 Å². The van der Waals surface area contributed by atoms with E-state index in [0.717, 1.165) is 12.8 Å². The summed E-state index contributed by atoms with van der Waals surface area (Å²) in [5.41, 5.74) is 8.29. The molecule has 0 bridgehead atoms. The predicted octanol–water partition coefficient (Wildman–Crippen LogP) is 0.827. The van der Waals surface area contributed by atoms with Gasteiger partial charge in [0.15, 0.2) is 0 Å². The molecule has 1 aromatic rings. The molecule has 1 aromatic heterocycles. The zero-order chi connectivity index (χ0) is 9.80. The summed E-state index contributed by atoms with van der Waals surface area (Å²) in [4.78, 5) is 4.50. The van der Waals surface area contributed by atoms with Gasteiger partial charge < -0.3 is 5.53 Å². The van der Waals surface area contributed by atoms with Crippen LogP contribution < -0.4 is 0 Å². The van der Waals surface area contributed by atoms with E-state index in [1.807, 2.05) is 0 Å². The molecule has 6 heteroatoms. The molecule has 74 valence electrons. The Kier molecular flexibility index (Phi) is 2.65. The summed E-state index contributed by atoms with van der Waals surface area (Å²) in [5.74, 6) is 0.359. The van der Waals surface area contributed by atoms with Gasteiger partial charge in [0.1, 0.15) is 0 Å². The highest BCUT2D eigenvalue weighted by Gasteiger charge is 2.18. The molecular weight excluding hydrogens is 180 g/mol. The molecule has 6 nitrogen and oxygen atoms in total. The van der Waals surface area contributed by atoms with Crippen LogP contribution in [0.1, 0.15) is 44.0 Å². The summed E-state index contributed by atoms with van der Waals surface area (Å²) in [5, 5.41) is 11.8. The van der Waals surface area contributed by atoms with Crippen LogP contribution in [0.2, 0.25) is 0 Å². The summed E-state index contributed by atoms with van der Waals surface area (Å²) >= 11 is 0. The maximum atomic E-state index is 8.29. The second-order valence-corrected chi connectivity index (χ2v) is 3.50. The largest absolute Gasteiger partial charge is 0.361 e. The van der Waals surface area contributed by atoms with Crippen molar-refractivity contribution >= 4 is 6.21 Å². The number of nitrogens with zero attached hydrogens (tertiary/aromatic N) is 6. The SMILES string of the molecule is [N-]=[N+]=Cc1nnn(C2CCCCC2)n1. The Hall–Kier alpha value is -1.55. The fourth-order valence-corrected chi connectivity index (χ4v) is 1.81. The number of tetrazole rings is 1. The minimum absolute atomic E-state index is 0.359. The molecular formula is C8H12N6. The molecule has 2 rings (SSSR count). The Labute approximate surface area is 81.5 Å². The standard InChI is InChI=1S/C8H12N6/c9-10-6-8-11-13-14(12-8)7-4-2-1-3-5-7/h6-7H,1-5H2. The second-order valence-electron chi connectivity index (χ2n) is 3.50. The van der Waals surface area contributed by atoms with E-state index in [4.69, 9.17) is 5.53 Å². The van der Waals surface area contributed by atoms with E-state index in [0.29, 0.717) is 11.9 Å². The minimum Gasteiger partial charge on any atom is -0.361 e. The molecule has 1 aliphatic rings. The molecule has 0 N–H and O–H groups in total. The lowest BCUT2D eigenvalue weighted by Gasteiger charge is -2.19. The normalized spacial score (nSPS) is 17.7. The van der Waals surface area contributed by atoms with Gasteiger partial charge >= 0.3 is 6.21 Å². The minimum atomic E-state index is 0.359. The molecule has 14 heavy (non-hydrogen) atoms. The summed E-state index contributed by atoms with van der Waals surface area (Å²) in [6.07, 6.45) is 7.19. The first-order valence-corrected chi connectivity index (χ1v) is 4.87. The maximum Gasteiger partial charge on any atom is 0.328 e. The van der Waals surface area contributed by atoms with Crippen molar-refractivity contribution in [3.05, 3.63) is 11.4 Å². The average molecular weight is 192 g/mol. The van der Waals surface area contributed by atoms with Gasteiger partial charge in [0, 0.05) is 0 Å². The summed E-state index contributed by atoms with van der Waals surface area (Å²) in [6.45, 7) is 0. The molecule has 0 amide bonds. The van der Waals surface area contributed by atoms with Gasteiger partial charge in [-0.3, -0.25) is 0 Å². The van der Waals surface area contributed by atoms with Gasteiger partial charge in [0.05, 0.1) is 6.04 Å². The first-order chi connectivity index (χ1) is 6.90. The van der Waals surface area contributed by atoms with Crippen molar-refractivity contribution in [3.8, 4) is 0 Å². The van der Waals surface area contributed by atoms with Crippen LogP contribution in [0.4, 0.5) is 0 Å². The van der Waals surface area contributed by atoms with Crippen molar-refractivity contribution in [1.29, 1.82) is 0 Å². The lowest BCUT2D eigenvalue weighted by atomic mass is 9.96. The van der Waals surface area contributed by atoms with Crippen LogP contribution >= 0.6 is 0 Å².